The summed E-state index contributed by atoms with van der Waals surface area (Å²) >= 11 is 2.20. The van der Waals surface area contributed by atoms with Gasteiger partial charge in [0, 0.05) is 41.7 Å². The molecule has 2 heterocycles. The van der Waals surface area contributed by atoms with Gasteiger partial charge in [-0.1, -0.05) is 60.7 Å². The zero-order chi connectivity index (χ0) is 19.5. The number of hydrogen-bond acceptors (Lipinski definition) is 4. The first kappa shape index (κ1) is 18.9. The largest absolute Gasteiger partial charge is 0.346 e. The molecule has 0 bridgehead atoms. The molecule has 0 unspecified atom stereocenters. The summed E-state index contributed by atoms with van der Waals surface area (Å²) < 4.78 is 2.83. The second-order valence-corrected chi connectivity index (χ2v) is 8.03. The molecule has 0 saturated carbocycles. The van der Waals surface area contributed by atoms with E-state index in [-0.39, 0.29) is 0 Å². The van der Waals surface area contributed by atoms with E-state index in [1.54, 1.807) is 0 Å². The van der Waals surface area contributed by atoms with E-state index in [2.05, 4.69) is 104 Å². The molecule has 4 aromatic rings. The van der Waals surface area contributed by atoms with Gasteiger partial charge in [0.25, 0.3) is 0 Å². The summed E-state index contributed by atoms with van der Waals surface area (Å²) in [6.07, 6.45) is 1.87. The smallest absolute Gasteiger partial charge is 0.194 e. The maximum Gasteiger partial charge on any atom is 0.194 e. The molecule has 4 rings (SSSR count). The molecule has 2 aromatic heterocycles. The van der Waals surface area contributed by atoms with E-state index in [9.17, 15) is 0 Å². The number of nitrogens with zero attached hydrogens (tertiary/aromatic N) is 5. The van der Waals surface area contributed by atoms with Crippen LogP contribution in [0.15, 0.2) is 67.0 Å². The second kappa shape index (κ2) is 8.26. The molecule has 0 aliphatic rings. The predicted molar refractivity (Wildman–Crippen MR) is 121 cm³/mol. The van der Waals surface area contributed by atoms with E-state index in [1.165, 1.54) is 11.1 Å². The van der Waals surface area contributed by atoms with E-state index in [0.29, 0.717) is 6.04 Å². The Labute approximate surface area is 178 Å². The Bertz CT molecular complexity index is 1020. The number of fused-ring (bicyclic) bond motifs is 1. The minimum absolute atomic E-state index is 0.292. The van der Waals surface area contributed by atoms with E-state index in [1.807, 2.05) is 18.5 Å². The molecule has 6 heteroatoms. The minimum Gasteiger partial charge on any atom is -0.346 e. The van der Waals surface area contributed by atoms with Gasteiger partial charge in [0.15, 0.2) is 20.8 Å². The van der Waals surface area contributed by atoms with Gasteiger partial charge in [-0.2, -0.15) is 0 Å². The van der Waals surface area contributed by atoms with Crippen molar-refractivity contribution in [1.82, 2.24) is 19.5 Å². The van der Waals surface area contributed by atoms with E-state index >= 15 is 0 Å². The molecule has 0 radical (unpaired) electrons. The van der Waals surface area contributed by atoms with Crippen LogP contribution in [-0.4, -0.2) is 19.5 Å². The predicted octanol–water partition coefficient (Wildman–Crippen LogP) is 5.22. The lowest BCUT2D eigenvalue weighted by atomic mass is 10.1. The molecular formula is C22H22IN5. The molecule has 0 amide bonds. The molecule has 0 aliphatic heterocycles. The lowest BCUT2D eigenvalue weighted by Gasteiger charge is -2.24. The highest BCUT2D eigenvalue weighted by atomic mass is 127. The Morgan fingerprint density at radius 2 is 1.46 bits per heavy atom. The number of rotatable bonds is 6. The fraction of sp³-hybridized carbons (Fsp3) is 0.227. The van der Waals surface area contributed by atoms with Crippen LogP contribution in [0.25, 0.3) is 11.2 Å². The summed E-state index contributed by atoms with van der Waals surface area (Å²) in [5.74, 6) is 0.876. The zero-order valence-electron chi connectivity index (χ0n) is 16.0. The van der Waals surface area contributed by atoms with Crippen LogP contribution in [0.2, 0.25) is 0 Å². The van der Waals surface area contributed by atoms with Crippen molar-refractivity contribution in [2.75, 3.05) is 4.90 Å². The molecule has 28 heavy (non-hydrogen) atoms. The molecule has 0 atom stereocenters. The minimum atomic E-state index is 0.292. The number of aromatic nitrogens is 4. The number of imidazole rings is 1. The van der Waals surface area contributed by atoms with Crippen molar-refractivity contribution in [1.29, 1.82) is 0 Å². The van der Waals surface area contributed by atoms with Gasteiger partial charge >= 0.3 is 0 Å². The standard InChI is InChI=1S/C22H22IN5/c1-16(2)28-15-24-19-20(25-22(23)26-21(19)28)27(13-17-9-5-3-6-10-17)14-18-11-7-4-8-12-18/h3-12,15-16H,13-14H2,1-2H3. The highest BCUT2D eigenvalue weighted by molar-refractivity contribution is 14.1. The average molecular weight is 483 g/mol. The molecule has 5 nitrogen and oxygen atoms in total. The summed E-state index contributed by atoms with van der Waals surface area (Å²) in [6.45, 7) is 5.79. The van der Waals surface area contributed by atoms with Gasteiger partial charge in [-0.15, -0.1) is 0 Å². The molecule has 0 spiro atoms. The van der Waals surface area contributed by atoms with Crippen LogP contribution in [0.4, 0.5) is 5.82 Å². The molecule has 0 N–H and O–H groups in total. The van der Waals surface area contributed by atoms with Crippen molar-refractivity contribution in [3.8, 4) is 0 Å². The first-order valence-electron chi connectivity index (χ1n) is 9.34. The fourth-order valence-corrected chi connectivity index (χ4v) is 3.74. The van der Waals surface area contributed by atoms with Crippen molar-refractivity contribution in [2.24, 2.45) is 0 Å². The van der Waals surface area contributed by atoms with Gasteiger partial charge in [-0.05, 0) is 25.0 Å². The van der Waals surface area contributed by atoms with Gasteiger partial charge in [0.2, 0.25) is 0 Å². The average Bonchev–Trinajstić information content (AvgIpc) is 3.12. The van der Waals surface area contributed by atoms with Crippen LogP contribution in [-0.2, 0) is 13.1 Å². The summed E-state index contributed by atoms with van der Waals surface area (Å²) in [5, 5.41) is 0. The van der Waals surface area contributed by atoms with Gasteiger partial charge in [0.1, 0.15) is 0 Å². The van der Waals surface area contributed by atoms with E-state index in [4.69, 9.17) is 4.98 Å². The number of halogens is 1. The van der Waals surface area contributed by atoms with Crippen LogP contribution < -0.4 is 4.90 Å². The maximum absolute atomic E-state index is 4.79. The Morgan fingerprint density at radius 3 is 2.00 bits per heavy atom. The van der Waals surface area contributed by atoms with Gasteiger partial charge < -0.3 is 9.47 Å². The number of hydrogen-bond donors (Lipinski definition) is 0. The molecule has 2 aromatic carbocycles. The van der Waals surface area contributed by atoms with Crippen LogP contribution in [0.1, 0.15) is 31.0 Å². The van der Waals surface area contributed by atoms with Gasteiger partial charge in [0.05, 0.1) is 6.33 Å². The Hall–Kier alpha value is -2.48. The first-order chi connectivity index (χ1) is 13.6. The van der Waals surface area contributed by atoms with Crippen molar-refractivity contribution in [3.05, 3.63) is 81.9 Å². The molecule has 0 fully saturated rings. The maximum atomic E-state index is 4.79. The topological polar surface area (TPSA) is 46.8 Å². The third-order valence-electron chi connectivity index (χ3n) is 4.66. The summed E-state index contributed by atoms with van der Waals surface area (Å²) in [4.78, 5) is 16.4. The lowest BCUT2D eigenvalue weighted by Crippen LogP contribution is -2.24. The summed E-state index contributed by atoms with van der Waals surface area (Å²) in [7, 11) is 0. The number of anilines is 1. The monoisotopic (exact) mass is 483 g/mol. The lowest BCUT2D eigenvalue weighted by molar-refractivity contribution is 0.612. The van der Waals surface area contributed by atoms with Crippen LogP contribution >= 0.6 is 22.6 Å². The van der Waals surface area contributed by atoms with Crippen molar-refractivity contribution in [2.45, 2.75) is 33.0 Å². The van der Waals surface area contributed by atoms with Crippen molar-refractivity contribution < 1.29 is 0 Å². The summed E-state index contributed by atoms with van der Waals surface area (Å²) in [5.41, 5.74) is 4.21. The molecular weight excluding hydrogens is 461 g/mol. The van der Waals surface area contributed by atoms with Gasteiger partial charge in [-0.3, -0.25) is 0 Å². The van der Waals surface area contributed by atoms with E-state index < -0.39 is 0 Å². The summed E-state index contributed by atoms with van der Waals surface area (Å²) in [6, 6.07) is 21.3. The Balaban J connectivity index is 1.81. The zero-order valence-corrected chi connectivity index (χ0v) is 18.1. The SMILES string of the molecule is CC(C)n1cnc2c(N(Cc3ccccc3)Cc3ccccc3)nc(I)nc21. The first-order valence-corrected chi connectivity index (χ1v) is 10.4. The number of benzene rings is 2. The Kier molecular flexibility index (Phi) is 5.57. The van der Waals surface area contributed by atoms with Crippen LogP contribution in [0.5, 0.6) is 0 Å². The molecule has 142 valence electrons. The highest BCUT2D eigenvalue weighted by Gasteiger charge is 2.19. The second-order valence-electron chi connectivity index (χ2n) is 7.06. The van der Waals surface area contributed by atoms with Crippen molar-refractivity contribution >= 4 is 39.6 Å². The quantitative estimate of drug-likeness (QED) is 0.279. The molecule has 0 aliphatic carbocycles. The van der Waals surface area contributed by atoms with E-state index in [0.717, 1.165) is 33.9 Å². The van der Waals surface area contributed by atoms with Crippen LogP contribution in [0, 0.1) is 3.83 Å². The highest BCUT2D eigenvalue weighted by Crippen LogP contribution is 2.27. The molecule has 0 saturated heterocycles. The third kappa shape index (κ3) is 4.01. The normalized spacial score (nSPS) is 11.3. The van der Waals surface area contributed by atoms with Crippen LogP contribution in [0.3, 0.4) is 0 Å². The Morgan fingerprint density at radius 1 is 0.893 bits per heavy atom. The van der Waals surface area contributed by atoms with Crippen molar-refractivity contribution in [3.63, 3.8) is 0 Å². The van der Waals surface area contributed by atoms with Gasteiger partial charge in [-0.25, -0.2) is 15.0 Å². The fourth-order valence-electron chi connectivity index (χ4n) is 3.29. The third-order valence-corrected chi connectivity index (χ3v) is 5.15.